The van der Waals surface area contributed by atoms with Gasteiger partial charge in [0.05, 0.1) is 25.2 Å². The smallest absolute Gasteiger partial charge is 0.242 e. The van der Waals surface area contributed by atoms with Gasteiger partial charge in [-0.1, -0.05) is 27.2 Å². The van der Waals surface area contributed by atoms with E-state index in [2.05, 4.69) is 19.2 Å². The van der Waals surface area contributed by atoms with Crippen molar-refractivity contribution in [1.29, 1.82) is 0 Å². The summed E-state index contributed by atoms with van der Waals surface area (Å²) < 4.78 is 5.50. The largest absolute Gasteiger partial charge is 0.379 e. The Morgan fingerprint density at radius 2 is 1.90 bits per heavy atom. The second kappa shape index (κ2) is 9.72. The van der Waals surface area contributed by atoms with Crippen molar-refractivity contribution in [3.8, 4) is 0 Å². The van der Waals surface area contributed by atoms with Crippen molar-refractivity contribution in [2.24, 2.45) is 11.7 Å². The lowest BCUT2D eigenvalue weighted by Gasteiger charge is -2.37. The monoisotopic (exact) mass is 287 g/mol. The Bertz CT molecular complexity index is 306. The first kappa shape index (κ1) is 18.9. The van der Waals surface area contributed by atoms with E-state index in [1.165, 1.54) is 0 Å². The van der Waals surface area contributed by atoms with Crippen molar-refractivity contribution in [2.75, 3.05) is 27.2 Å². The molecule has 0 saturated carbocycles. The minimum atomic E-state index is -0.328. The zero-order chi connectivity index (χ0) is 15.7. The summed E-state index contributed by atoms with van der Waals surface area (Å²) in [6.07, 6.45) is 1.78. The van der Waals surface area contributed by atoms with E-state index < -0.39 is 0 Å². The van der Waals surface area contributed by atoms with E-state index in [9.17, 15) is 9.59 Å². The Morgan fingerprint density at radius 1 is 1.30 bits per heavy atom. The van der Waals surface area contributed by atoms with Crippen LogP contribution in [0.2, 0.25) is 0 Å². The molecule has 0 saturated heterocycles. The summed E-state index contributed by atoms with van der Waals surface area (Å²) >= 11 is 0. The van der Waals surface area contributed by atoms with Gasteiger partial charge in [0.1, 0.15) is 0 Å². The number of hydrogen-bond acceptors (Lipinski definition) is 4. The van der Waals surface area contributed by atoms with Crippen molar-refractivity contribution in [3.05, 3.63) is 0 Å². The first-order chi connectivity index (χ1) is 9.42. The van der Waals surface area contributed by atoms with Crippen LogP contribution in [-0.2, 0) is 14.3 Å². The fourth-order valence-electron chi connectivity index (χ4n) is 2.32. The van der Waals surface area contributed by atoms with E-state index in [4.69, 9.17) is 10.5 Å². The molecule has 3 unspecified atom stereocenters. The molecule has 118 valence electrons. The molecule has 0 aromatic heterocycles. The molecule has 20 heavy (non-hydrogen) atoms. The molecule has 3 N–H and O–H groups in total. The normalized spacial score (nSPS) is 15.3. The van der Waals surface area contributed by atoms with Gasteiger partial charge in [0.2, 0.25) is 11.8 Å². The number of amides is 2. The Balaban J connectivity index is 4.80. The molecule has 0 radical (unpaired) electrons. The summed E-state index contributed by atoms with van der Waals surface area (Å²) in [4.78, 5) is 25.0. The summed E-state index contributed by atoms with van der Waals surface area (Å²) in [6.45, 7) is 6.10. The standard InChI is InChI=1S/C14H29N3O3/c1-6-10(3)14(11(7-2)20-5)17(4)13(19)9-16-12(18)8-15/h10-11,14H,6-9,15H2,1-5H3,(H,16,18). The molecule has 6 heteroatoms. The second-order valence-electron chi connectivity index (χ2n) is 5.04. The highest BCUT2D eigenvalue weighted by atomic mass is 16.5. The van der Waals surface area contributed by atoms with Gasteiger partial charge in [-0.05, 0) is 12.3 Å². The lowest BCUT2D eigenvalue weighted by molar-refractivity contribution is -0.137. The van der Waals surface area contributed by atoms with Crippen molar-refractivity contribution in [3.63, 3.8) is 0 Å². The maximum absolute atomic E-state index is 12.2. The third-order valence-electron chi connectivity index (χ3n) is 3.78. The number of likely N-dealkylation sites (N-methyl/N-ethyl adjacent to an activating group) is 1. The van der Waals surface area contributed by atoms with Crippen molar-refractivity contribution < 1.29 is 14.3 Å². The Labute approximate surface area is 122 Å². The van der Waals surface area contributed by atoms with Gasteiger partial charge < -0.3 is 20.7 Å². The molecule has 3 atom stereocenters. The lowest BCUT2D eigenvalue weighted by Crippen LogP contribution is -2.51. The fraction of sp³-hybridized carbons (Fsp3) is 0.857. The van der Waals surface area contributed by atoms with Gasteiger partial charge in [0, 0.05) is 14.2 Å². The van der Waals surface area contributed by atoms with Crippen LogP contribution >= 0.6 is 0 Å². The highest BCUT2D eigenvalue weighted by Crippen LogP contribution is 2.21. The number of hydrogen-bond donors (Lipinski definition) is 2. The number of methoxy groups -OCH3 is 1. The van der Waals surface area contributed by atoms with Crippen LogP contribution in [0, 0.1) is 5.92 Å². The average molecular weight is 287 g/mol. The van der Waals surface area contributed by atoms with E-state index in [-0.39, 0.29) is 37.0 Å². The number of nitrogens with two attached hydrogens (primary N) is 1. The number of ether oxygens (including phenoxy) is 1. The van der Waals surface area contributed by atoms with Crippen molar-refractivity contribution in [2.45, 2.75) is 45.8 Å². The minimum absolute atomic E-state index is 0.00252. The number of nitrogens with one attached hydrogen (secondary N) is 1. The molecule has 0 aromatic rings. The molecule has 0 aliphatic rings. The Kier molecular flexibility index (Phi) is 9.16. The molecule has 0 rings (SSSR count). The molecule has 0 aliphatic carbocycles. The van der Waals surface area contributed by atoms with Gasteiger partial charge in [0.25, 0.3) is 0 Å². The van der Waals surface area contributed by atoms with Crippen LogP contribution in [0.4, 0.5) is 0 Å². The highest BCUT2D eigenvalue weighted by molar-refractivity contribution is 5.85. The van der Waals surface area contributed by atoms with E-state index >= 15 is 0 Å². The van der Waals surface area contributed by atoms with Crippen LogP contribution in [0.25, 0.3) is 0 Å². The molecule has 0 spiro atoms. The van der Waals surface area contributed by atoms with E-state index in [1.54, 1.807) is 19.1 Å². The fourth-order valence-corrected chi connectivity index (χ4v) is 2.32. The van der Waals surface area contributed by atoms with Gasteiger partial charge in [-0.15, -0.1) is 0 Å². The summed E-state index contributed by atoms with van der Waals surface area (Å²) in [5.74, 6) is -0.141. The van der Waals surface area contributed by atoms with E-state index in [0.29, 0.717) is 5.92 Å². The van der Waals surface area contributed by atoms with Crippen molar-refractivity contribution in [1.82, 2.24) is 10.2 Å². The zero-order valence-electron chi connectivity index (χ0n) is 13.3. The van der Waals surface area contributed by atoms with Gasteiger partial charge in [-0.2, -0.15) is 0 Å². The van der Waals surface area contributed by atoms with E-state index in [0.717, 1.165) is 12.8 Å². The first-order valence-corrected chi connectivity index (χ1v) is 7.17. The molecule has 2 amide bonds. The molecule has 0 aliphatic heterocycles. The molecule has 0 bridgehead atoms. The minimum Gasteiger partial charge on any atom is -0.379 e. The third kappa shape index (κ3) is 5.46. The van der Waals surface area contributed by atoms with E-state index in [1.807, 2.05) is 6.92 Å². The van der Waals surface area contributed by atoms with Crippen LogP contribution in [0.5, 0.6) is 0 Å². The predicted octanol–water partition coefficient (Wildman–Crippen LogP) is 0.359. The molecule has 6 nitrogen and oxygen atoms in total. The van der Waals surface area contributed by atoms with Crippen LogP contribution in [0.1, 0.15) is 33.6 Å². The third-order valence-corrected chi connectivity index (χ3v) is 3.78. The van der Waals surface area contributed by atoms with Crippen LogP contribution in [0.15, 0.2) is 0 Å². The Morgan fingerprint density at radius 3 is 2.30 bits per heavy atom. The average Bonchev–Trinajstić information content (AvgIpc) is 2.48. The SMILES string of the molecule is CCC(C)C(C(CC)OC)N(C)C(=O)CNC(=O)CN. The molecule has 0 aromatic carbocycles. The van der Waals surface area contributed by atoms with Gasteiger partial charge in [-0.25, -0.2) is 0 Å². The maximum Gasteiger partial charge on any atom is 0.242 e. The summed E-state index contributed by atoms with van der Waals surface area (Å²) in [6, 6.07) is -0.00252. The van der Waals surface area contributed by atoms with Crippen LogP contribution in [-0.4, -0.2) is 56.1 Å². The summed E-state index contributed by atoms with van der Waals surface area (Å²) in [5, 5.41) is 2.50. The predicted molar refractivity (Wildman–Crippen MR) is 79.2 cm³/mol. The molecular weight excluding hydrogens is 258 g/mol. The van der Waals surface area contributed by atoms with Gasteiger partial charge in [0.15, 0.2) is 0 Å². The quantitative estimate of drug-likeness (QED) is 0.641. The number of carbonyl (C=O) groups is 2. The summed E-state index contributed by atoms with van der Waals surface area (Å²) in [5.41, 5.74) is 5.20. The van der Waals surface area contributed by atoms with Gasteiger partial charge >= 0.3 is 0 Å². The highest BCUT2D eigenvalue weighted by Gasteiger charge is 2.31. The molecular formula is C14H29N3O3. The first-order valence-electron chi connectivity index (χ1n) is 7.17. The maximum atomic E-state index is 12.2. The zero-order valence-corrected chi connectivity index (χ0v) is 13.3. The summed E-state index contributed by atoms with van der Waals surface area (Å²) in [7, 11) is 3.42. The number of carbonyl (C=O) groups excluding carboxylic acids is 2. The lowest BCUT2D eigenvalue weighted by atomic mass is 9.91. The van der Waals surface area contributed by atoms with Crippen LogP contribution < -0.4 is 11.1 Å². The van der Waals surface area contributed by atoms with Crippen molar-refractivity contribution >= 4 is 11.8 Å². The number of nitrogens with zero attached hydrogens (tertiary/aromatic N) is 1. The molecule has 0 heterocycles. The topological polar surface area (TPSA) is 84.7 Å². The molecule has 0 fully saturated rings. The Hall–Kier alpha value is -1.14. The second-order valence-corrected chi connectivity index (χ2v) is 5.04. The van der Waals surface area contributed by atoms with Gasteiger partial charge in [-0.3, -0.25) is 9.59 Å². The van der Waals surface area contributed by atoms with Crippen LogP contribution in [0.3, 0.4) is 0 Å². The number of rotatable bonds is 9.